The lowest BCUT2D eigenvalue weighted by Crippen LogP contribution is -2.34. The van der Waals surface area contributed by atoms with Gasteiger partial charge in [0.05, 0.1) is 72.5 Å². The SMILES string of the molecule is COc1ccc(-c2cnc(-c3nc(-c4ccco4)c(C4CC(C(=O)C5CCOC(c6sc(-c7ncc(-c8ccc(OC)cc8)[nH]7)nc6-c6ccco6)C5)CCO4)s3)[nH]2)cc1. The summed E-state index contributed by atoms with van der Waals surface area (Å²) in [4.78, 5) is 42.6. The number of methoxy groups -OCH3 is 2. The highest BCUT2D eigenvalue weighted by Crippen LogP contribution is 2.47. The molecule has 2 fully saturated rings. The van der Waals surface area contributed by atoms with Crippen LogP contribution in [-0.2, 0) is 14.3 Å². The largest absolute Gasteiger partial charge is 0.497 e. The van der Waals surface area contributed by atoms with Crippen molar-refractivity contribution in [3.05, 3.63) is 107 Å². The first-order chi connectivity index (χ1) is 29.5. The number of H-pyrrole nitrogens is 2. The Morgan fingerprint density at radius 2 is 1.10 bits per heavy atom. The summed E-state index contributed by atoms with van der Waals surface area (Å²) in [5, 5.41) is 1.42. The predicted molar refractivity (Wildman–Crippen MR) is 227 cm³/mol. The number of carbonyl (C=O) groups excluding carboxylic acids is 1. The van der Waals surface area contributed by atoms with Gasteiger partial charge in [0.25, 0.3) is 0 Å². The van der Waals surface area contributed by atoms with Gasteiger partial charge in [-0.2, -0.15) is 0 Å². The predicted octanol–water partition coefficient (Wildman–Crippen LogP) is 10.5. The van der Waals surface area contributed by atoms with Crippen LogP contribution in [0.15, 0.2) is 107 Å². The number of ketones is 1. The number of benzene rings is 2. The fourth-order valence-corrected chi connectivity index (χ4v) is 10.2. The van der Waals surface area contributed by atoms with Crippen LogP contribution < -0.4 is 9.47 Å². The Morgan fingerprint density at radius 1 is 0.650 bits per heavy atom. The summed E-state index contributed by atoms with van der Waals surface area (Å²) < 4.78 is 35.2. The van der Waals surface area contributed by atoms with Crippen molar-refractivity contribution in [2.75, 3.05) is 27.4 Å². The molecule has 0 amide bonds. The maximum Gasteiger partial charge on any atom is 0.167 e. The third-order valence-corrected chi connectivity index (χ3v) is 13.4. The van der Waals surface area contributed by atoms with Crippen molar-refractivity contribution in [3.8, 4) is 78.6 Å². The lowest BCUT2D eigenvalue weighted by atomic mass is 9.80. The molecule has 0 radical (unpaired) electrons. The molecule has 10 rings (SSSR count). The Labute approximate surface area is 352 Å². The summed E-state index contributed by atoms with van der Waals surface area (Å²) in [7, 11) is 3.30. The molecule has 2 aliphatic rings. The summed E-state index contributed by atoms with van der Waals surface area (Å²) in [5.74, 6) is 4.01. The Balaban J connectivity index is 0.880. The van der Waals surface area contributed by atoms with Crippen LogP contribution in [-0.4, -0.2) is 63.1 Å². The fourth-order valence-electron chi connectivity index (χ4n) is 7.99. The molecule has 0 saturated carbocycles. The minimum Gasteiger partial charge on any atom is -0.497 e. The number of aromatic nitrogens is 6. The van der Waals surface area contributed by atoms with Crippen molar-refractivity contribution >= 4 is 28.5 Å². The number of carbonyl (C=O) groups is 1. The van der Waals surface area contributed by atoms with Crippen LogP contribution in [0.5, 0.6) is 11.5 Å². The van der Waals surface area contributed by atoms with Crippen LogP contribution >= 0.6 is 22.7 Å². The number of hydrogen-bond acceptors (Lipinski definition) is 13. The van der Waals surface area contributed by atoms with Crippen molar-refractivity contribution in [2.24, 2.45) is 11.8 Å². The number of rotatable bonds is 12. The van der Waals surface area contributed by atoms with Crippen molar-refractivity contribution in [2.45, 2.75) is 37.9 Å². The van der Waals surface area contributed by atoms with Crippen LogP contribution in [0, 0.1) is 11.8 Å². The van der Waals surface area contributed by atoms with E-state index in [1.807, 2.05) is 72.8 Å². The van der Waals surface area contributed by atoms with Crippen LogP contribution in [0.3, 0.4) is 0 Å². The van der Waals surface area contributed by atoms with E-state index in [1.165, 1.54) is 22.7 Å². The molecule has 0 spiro atoms. The molecule has 2 aliphatic heterocycles. The number of ether oxygens (including phenoxy) is 4. The second-order valence-corrected chi connectivity index (χ2v) is 16.8. The molecule has 8 aromatic rings. The molecule has 4 unspecified atom stereocenters. The topological polar surface area (TPSA) is 163 Å². The third-order valence-electron chi connectivity index (χ3n) is 11.1. The average Bonchev–Trinajstić information content (AvgIpc) is 4.16. The zero-order valence-electron chi connectivity index (χ0n) is 32.8. The van der Waals surface area contributed by atoms with Crippen molar-refractivity contribution in [3.63, 3.8) is 0 Å². The third kappa shape index (κ3) is 7.49. The molecule has 2 aromatic carbocycles. The molecule has 13 nitrogen and oxygen atoms in total. The van der Waals surface area contributed by atoms with Gasteiger partial charge in [-0.15, -0.1) is 22.7 Å². The number of hydrogen-bond donors (Lipinski definition) is 2. The molecule has 15 heteroatoms. The van der Waals surface area contributed by atoms with E-state index in [1.54, 1.807) is 39.1 Å². The van der Waals surface area contributed by atoms with Gasteiger partial charge in [0.15, 0.2) is 33.2 Å². The Hall–Kier alpha value is -6.13. The lowest BCUT2D eigenvalue weighted by molar-refractivity contribution is -0.137. The number of furan rings is 2. The van der Waals surface area contributed by atoms with E-state index in [-0.39, 0.29) is 29.8 Å². The van der Waals surface area contributed by atoms with Crippen molar-refractivity contribution in [1.29, 1.82) is 0 Å². The average molecular weight is 841 g/mol. The van der Waals surface area contributed by atoms with Gasteiger partial charge >= 0.3 is 0 Å². The molecule has 60 heavy (non-hydrogen) atoms. The molecule has 2 N–H and O–H groups in total. The molecule has 0 aliphatic carbocycles. The highest BCUT2D eigenvalue weighted by molar-refractivity contribution is 7.15. The molecular weight excluding hydrogens is 801 g/mol. The Bertz CT molecular complexity index is 2510. The molecule has 0 bridgehead atoms. The van der Waals surface area contributed by atoms with E-state index in [0.717, 1.165) is 43.8 Å². The Kier molecular flexibility index (Phi) is 10.5. The second-order valence-electron chi connectivity index (χ2n) is 14.7. The zero-order chi connectivity index (χ0) is 40.6. The Morgan fingerprint density at radius 3 is 1.50 bits per heavy atom. The van der Waals surface area contributed by atoms with Crippen LogP contribution in [0.4, 0.5) is 0 Å². The number of aromatic amines is 2. The van der Waals surface area contributed by atoms with Gasteiger partial charge in [-0.05, 0) is 110 Å². The van der Waals surface area contributed by atoms with E-state index in [4.69, 9.17) is 37.7 Å². The number of nitrogens with one attached hydrogen (secondary N) is 2. The standard InChI is InChI=1S/C45H40N6O7S2/c1-53-29-11-7-25(8-12-29)31-23-46-42(48-31)44-50-37(33-5-3-17-55-33)40(59-44)35-21-27(15-19-57-35)39(52)28-16-20-58-36(22-28)41-38(34-6-4-18-56-34)51-45(60-41)43-47-24-32(49-43)26-9-13-30(54-2)14-10-26/h3-14,17-18,23-24,27-28,35-36H,15-16,19-22H2,1-2H3,(H,46,48)(H,47,49). The van der Waals surface area contributed by atoms with Gasteiger partial charge < -0.3 is 37.7 Å². The number of imidazole rings is 2. The maximum atomic E-state index is 14.5. The van der Waals surface area contributed by atoms with Gasteiger partial charge in [0, 0.05) is 25.0 Å². The number of nitrogens with zero attached hydrogens (tertiary/aromatic N) is 4. The molecular formula is C45H40N6O7S2. The number of Topliss-reactive ketones (excluding diaryl/α,β-unsaturated/α-hetero) is 1. The van der Waals surface area contributed by atoms with Crippen LogP contribution in [0.1, 0.15) is 47.6 Å². The number of thiazole rings is 2. The maximum absolute atomic E-state index is 14.5. The minimum atomic E-state index is -0.337. The summed E-state index contributed by atoms with van der Waals surface area (Å²) in [6.45, 7) is 0.923. The van der Waals surface area contributed by atoms with E-state index in [0.29, 0.717) is 83.5 Å². The molecule has 304 valence electrons. The van der Waals surface area contributed by atoms with E-state index in [9.17, 15) is 4.79 Å². The highest BCUT2D eigenvalue weighted by atomic mass is 32.1. The summed E-state index contributed by atoms with van der Waals surface area (Å²) in [5.41, 5.74) is 5.09. The second kappa shape index (κ2) is 16.5. The quantitative estimate of drug-likeness (QED) is 0.120. The normalized spacial score (nSPS) is 19.4. The molecule has 6 aromatic heterocycles. The van der Waals surface area contributed by atoms with E-state index < -0.39 is 0 Å². The van der Waals surface area contributed by atoms with Gasteiger partial charge in [-0.1, -0.05) is 0 Å². The van der Waals surface area contributed by atoms with Gasteiger partial charge in [0.2, 0.25) is 0 Å². The first kappa shape index (κ1) is 38.1. The monoisotopic (exact) mass is 840 g/mol. The zero-order valence-corrected chi connectivity index (χ0v) is 34.4. The fraction of sp³-hybridized carbons (Fsp3) is 0.267. The smallest absolute Gasteiger partial charge is 0.167 e. The summed E-state index contributed by atoms with van der Waals surface area (Å²) in [6.07, 6.45) is 8.61. The van der Waals surface area contributed by atoms with E-state index >= 15 is 0 Å². The summed E-state index contributed by atoms with van der Waals surface area (Å²) >= 11 is 3.03. The summed E-state index contributed by atoms with van der Waals surface area (Å²) in [6, 6.07) is 23.1. The molecule has 4 atom stereocenters. The van der Waals surface area contributed by atoms with Crippen LogP contribution in [0.2, 0.25) is 0 Å². The van der Waals surface area contributed by atoms with Crippen molar-refractivity contribution < 1.29 is 32.6 Å². The first-order valence-corrected chi connectivity index (χ1v) is 21.4. The van der Waals surface area contributed by atoms with E-state index in [2.05, 4.69) is 19.9 Å². The van der Waals surface area contributed by atoms with Gasteiger partial charge in [-0.25, -0.2) is 19.9 Å². The van der Waals surface area contributed by atoms with Gasteiger partial charge in [-0.3, -0.25) is 4.79 Å². The first-order valence-electron chi connectivity index (χ1n) is 19.8. The van der Waals surface area contributed by atoms with Crippen LogP contribution in [0.25, 0.3) is 67.1 Å². The molecule has 2 saturated heterocycles. The van der Waals surface area contributed by atoms with Crippen molar-refractivity contribution in [1.82, 2.24) is 29.9 Å². The lowest BCUT2D eigenvalue weighted by Gasteiger charge is -2.34. The molecule has 8 heterocycles. The highest BCUT2D eigenvalue weighted by Gasteiger charge is 2.39. The minimum absolute atomic E-state index is 0.186. The van der Waals surface area contributed by atoms with Gasteiger partial charge in [0.1, 0.15) is 28.7 Å².